The van der Waals surface area contributed by atoms with Crippen molar-refractivity contribution in [1.29, 1.82) is 0 Å². The maximum atomic E-state index is 14.5. The van der Waals surface area contributed by atoms with Crippen LogP contribution < -0.4 is 65.5 Å². The van der Waals surface area contributed by atoms with Gasteiger partial charge in [-0.05, 0) is 97.1 Å². The van der Waals surface area contributed by atoms with E-state index in [4.69, 9.17) is 27.5 Å². The Balaban J connectivity index is 3.56. The van der Waals surface area contributed by atoms with Crippen molar-refractivity contribution in [3.8, 4) is 0 Å². The molecule has 1 fully saturated rings. The van der Waals surface area contributed by atoms with Crippen molar-refractivity contribution >= 4 is 78.8 Å². The number of nitrogens with two attached hydrogens (primary N) is 4. The molecule has 10 amide bonds. The molecule has 77 heavy (non-hydrogen) atoms. The molecule has 21 N–H and O–H groups in total. The van der Waals surface area contributed by atoms with Crippen LogP contribution in [-0.2, 0) is 66.6 Å². The van der Waals surface area contributed by atoms with Crippen molar-refractivity contribution in [2.75, 3.05) is 32.8 Å². The molecule has 438 valence electrons. The van der Waals surface area contributed by atoms with Crippen molar-refractivity contribution in [3.05, 3.63) is 0 Å². The van der Waals surface area contributed by atoms with Gasteiger partial charge in [0.15, 0.2) is 0 Å². The number of rotatable bonds is 37. The molecule has 1 heterocycles. The van der Waals surface area contributed by atoms with Gasteiger partial charge >= 0.3 is 19.8 Å². The number of aliphatic hydroxyl groups is 1. The topological polar surface area (TPSA) is 536 Å². The molecule has 0 saturated carbocycles. The molecule has 0 bridgehead atoms. The summed E-state index contributed by atoms with van der Waals surface area (Å²) in [6.07, 6.45) is -2.88. The van der Waals surface area contributed by atoms with Crippen molar-refractivity contribution in [1.82, 2.24) is 47.4 Å². The monoisotopic (exact) mass is 1120 g/mol. The number of aliphatic hydroxyl groups excluding tert-OH is 1. The molecule has 10 atom stereocenters. The molecule has 1 rings (SSSR count). The third-order valence-corrected chi connectivity index (χ3v) is 12.4. The summed E-state index contributed by atoms with van der Waals surface area (Å²) in [5.41, 5.74) is 21.9. The minimum atomic E-state index is -5.46. The zero-order valence-corrected chi connectivity index (χ0v) is 44.4. The van der Waals surface area contributed by atoms with Gasteiger partial charge in [0.1, 0.15) is 48.3 Å². The van der Waals surface area contributed by atoms with Gasteiger partial charge in [0, 0.05) is 19.4 Å². The van der Waals surface area contributed by atoms with E-state index in [0.717, 1.165) is 11.8 Å². The van der Waals surface area contributed by atoms with Crippen molar-refractivity contribution in [3.63, 3.8) is 0 Å². The number of carboxylic acids is 2. The van der Waals surface area contributed by atoms with E-state index < -0.39 is 184 Å². The average Bonchev–Trinajstić information content (AvgIpc) is 3.84. The van der Waals surface area contributed by atoms with Crippen LogP contribution in [0.25, 0.3) is 0 Å². The maximum absolute atomic E-state index is 14.5. The van der Waals surface area contributed by atoms with Crippen LogP contribution in [0.15, 0.2) is 0 Å². The number of primary amides is 1. The van der Waals surface area contributed by atoms with Crippen molar-refractivity contribution in [2.45, 2.75) is 165 Å². The van der Waals surface area contributed by atoms with Crippen LogP contribution in [0.2, 0.25) is 0 Å². The summed E-state index contributed by atoms with van der Waals surface area (Å²) in [5, 5.41) is 47.6. The van der Waals surface area contributed by atoms with E-state index in [2.05, 4.69) is 42.5 Å². The number of carbonyl (C=O) groups excluding carboxylic acids is 10. The first kappa shape index (κ1) is 68.6. The molecule has 0 aromatic carbocycles. The van der Waals surface area contributed by atoms with Gasteiger partial charge in [-0.2, -0.15) is 0 Å². The van der Waals surface area contributed by atoms with E-state index in [-0.39, 0.29) is 45.3 Å². The number of carbonyl (C=O) groups is 12. The number of phosphoric ester groups is 1. The molecule has 0 aliphatic carbocycles. The van der Waals surface area contributed by atoms with Crippen LogP contribution in [-0.4, -0.2) is 194 Å². The lowest BCUT2D eigenvalue weighted by atomic mass is 10.0. The number of nitrogens with zero attached hydrogens (tertiary/aromatic N) is 1. The fraction of sp³-hybridized carbons (Fsp3) is 0.727. The highest BCUT2D eigenvalue weighted by Gasteiger charge is 2.43. The lowest BCUT2D eigenvalue weighted by Gasteiger charge is -2.33. The molecule has 0 radical (unpaired) electrons. The van der Waals surface area contributed by atoms with Crippen LogP contribution in [0, 0.1) is 5.92 Å². The predicted molar refractivity (Wildman–Crippen MR) is 268 cm³/mol. The SMILES string of the molecule is CC(C)[C@H](NC(=O)[C@H](CO)NC(=O)CNC(=O)[C@H](C)N)C(=O)N[C@@H](CCC(=O)O)C(=O)N[C@@H](CCC(N)=O)C(=O)N[C@H](C(=O)N1CCC[C@H]1C(=O)N[C@@H](CCCCN)C(=O)N[C@@H](CCCCN)C(=O)O)[C@@H](C)OP(=O)(O)O. The Morgan fingerprint density at radius 2 is 1.13 bits per heavy atom. The summed E-state index contributed by atoms with van der Waals surface area (Å²) in [6, 6.07) is -14.0. The Labute approximate surface area is 444 Å². The largest absolute Gasteiger partial charge is 0.481 e. The molecule has 1 aliphatic rings. The first-order valence-electron chi connectivity index (χ1n) is 24.9. The first-order chi connectivity index (χ1) is 36.0. The Hall–Kier alpha value is -6.41. The van der Waals surface area contributed by atoms with Crippen LogP contribution in [0.1, 0.15) is 105 Å². The number of likely N-dealkylation sites (tertiary alicyclic amines) is 1. The summed E-state index contributed by atoms with van der Waals surface area (Å²) in [4.78, 5) is 177. The second-order valence-electron chi connectivity index (χ2n) is 18.6. The number of hydrogen-bond acceptors (Lipinski definition) is 18. The standard InChI is InChI=1S/C44H78N13O19P/c1-22(2)34(55-40(67)29(21-58)50-32(60)20-49-36(63)23(3)47)42(69)53-27(14-16-33(61)62)38(65)51-26(13-15-31(48)59)39(66)56-35(24(4)76-77(73,74)75)43(70)57-19-9-12-30(57)41(68)52-25(10-5-7-17-45)37(64)54-28(44(71)72)11-6-8-18-46/h22-30,34-35,58H,5-21,45-47H2,1-4H3,(H2,48,59)(H,49,63)(H,50,60)(H,51,65)(H,52,68)(H,53,69)(H,54,64)(H,55,67)(H,56,66)(H,61,62)(H,71,72)(H2,73,74,75)/t23-,24+,25-,26-,27-,28-,29-,30-,34-,35-/m0/s1. The zero-order chi connectivity index (χ0) is 58.7. The highest BCUT2D eigenvalue weighted by molar-refractivity contribution is 7.46. The van der Waals surface area contributed by atoms with Crippen LogP contribution in [0.4, 0.5) is 0 Å². The Morgan fingerprint density at radius 1 is 0.636 bits per heavy atom. The second-order valence-corrected chi connectivity index (χ2v) is 19.8. The van der Waals surface area contributed by atoms with Gasteiger partial charge in [0.2, 0.25) is 59.1 Å². The first-order valence-corrected chi connectivity index (χ1v) is 26.4. The molecule has 0 aromatic rings. The third kappa shape index (κ3) is 25.5. The average molecular weight is 1120 g/mol. The van der Waals surface area contributed by atoms with Crippen LogP contribution >= 0.6 is 7.82 Å². The van der Waals surface area contributed by atoms with Gasteiger partial charge in [-0.15, -0.1) is 0 Å². The summed E-state index contributed by atoms with van der Waals surface area (Å²) in [5.74, 6) is -13.9. The van der Waals surface area contributed by atoms with Crippen molar-refractivity contribution < 1.29 is 91.7 Å². The van der Waals surface area contributed by atoms with E-state index in [9.17, 15) is 87.2 Å². The molecule has 0 spiro atoms. The van der Waals surface area contributed by atoms with E-state index in [1.807, 2.05) is 0 Å². The summed E-state index contributed by atoms with van der Waals surface area (Å²) in [7, 11) is -5.46. The number of amides is 10. The lowest BCUT2D eigenvalue weighted by Crippen LogP contribution is -2.62. The normalized spacial score (nSPS) is 16.9. The predicted octanol–water partition coefficient (Wildman–Crippen LogP) is -6.55. The van der Waals surface area contributed by atoms with Crippen molar-refractivity contribution in [2.24, 2.45) is 28.9 Å². The Bertz CT molecular complexity index is 2110. The van der Waals surface area contributed by atoms with Gasteiger partial charge in [-0.25, -0.2) is 9.36 Å². The van der Waals surface area contributed by atoms with Crippen LogP contribution in [0.5, 0.6) is 0 Å². The maximum Gasteiger partial charge on any atom is 0.469 e. The second kappa shape index (κ2) is 34.4. The van der Waals surface area contributed by atoms with E-state index >= 15 is 0 Å². The number of unbranched alkanes of at least 4 members (excludes halogenated alkanes) is 2. The molecule has 0 unspecified atom stereocenters. The number of carboxylic acid groups (broad SMARTS) is 2. The van der Waals surface area contributed by atoms with Gasteiger partial charge < -0.3 is 95.5 Å². The molecule has 1 aliphatic heterocycles. The number of hydrogen-bond donors (Lipinski definition) is 17. The smallest absolute Gasteiger partial charge is 0.469 e. The Morgan fingerprint density at radius 3 is 1.62 bits per heavy atom. The zero-order valence-electron chi connectivity index (χ0n) is 43.5. The fourth-order valence-corrected chi connectivity index (χ4v) is 8.18. The van der Waals surface area contributed by atoms with Gasteiger partial charge in [0.05, 0.1) is 25.3 Å². The van der Waals surface area contributed by atoms with E-state index in [1.165, 1.54) is 20.8 Å². The molecular weight excluding hydrogens is 1050 g/mol. The summed E-state index contributed by atoms with van der Waals surface area (Å²) in [6.45, 7) is 3.93. The van der Waals surface area contributed by atoms with Gasteiger partial charge in [0.25, 0.3) is 0 Å². The lowest BCUT2D eigenvalue weighted by molar-refractivity contribution is -0.145. The summed E-state index contributed by atoms with van der Waals surface area (Å²) >= 11 is 0. The fourth-order valence-electron chi connectivity index (χ4n) is 7.63. The Kier molecular flexibility index (Phi) is 30.6. The number of aliphatic carboxylic acids is 2. The molecule has 0 aromatic heterocycles. The van der Waals surface area contributed by atoms with Crippen LogP contribution in [0.3, 0.4) is 0 Å². The number of phosphoric acid groups is 1. The van der Waals surface area contributed by atoms with Gasteiger partial charge in [-0.3, -0.25) is 57.3 Å². The minimum Gasteiger partial charge on any atom is -0.481 e. The highest BCUT2D eigenvalue weighted by Crippen LogP contribution is 2.38. The molecule has 1 saturated heterocycles. The number of nitrogens with one attached hydrogen (secondary N) is 8. The van der Waals surface area contributed by atoms with E-state index in [0.29, 0.717) is 25.7 Å². The molecular formula is C44H78N13O19P. The quantitative estimate of drug-likeness (QED) is 0.0203. The van der Waals surface area contributed by atoms with Gasteiger partial charge in [-0.1, -0.05) is 13.8 Å². The minimum absolute atomic E-state index is 0.00361. The molecule has 32 nitrogen and oxygen atoms in total. The highest BCUT2D eigenvalue weighted by atomic mass is 31.2. The molecule has 33 heteroatoms. The van der Waals surface area contributed by atoms with E-state index in [1.54, 1.807) is 0 Å². The third-order valence-electron chi connectivity index (χ3n) is 11.8. The summed E-state index contributed by atoms with van der Waals surface area (Å²) < 4.78 is 16.9.